The molecule has 0 atom stereocenters. The normalized spacial score (nSPS) is 12.1. The van der Waals surface area contributed by atoms with Crippen LogP contribution in [-0.2, 0) is 16.2 Å². The lowest BCUT2D eigenvalue weighted by atomic mass is 10.2. The molecule has 1 N–H and O–H groups in total. The van der Waals surface area contributed by atoms with E-state index < -0.39 is 26.7 Å². The van der Waals surface area contributed by atoms with Gasteiger partial charge in [0.25, 0.3) is 10.0 Å². The van der Waals surface area contributed by atoms with Gasteiger partial charge < -0.3 is 4.42 Å². The summed E-state index contributed by atoms with van der Waals surface area (Å²) in [5, 5.41) is 0. The molecule has 0 bridgehead atoms. The minimum Gasteiger partial charge on any atom is -0.444 e. The van der Waals surface area contributed by atoms with Gasteiger partial charge in [-0.15, -0.1) is 0 Å². The highest BCUT2D eigenvalue weighted by atomic mass is 32.2. The average Bonchev–Trinajstić information content (AvgIpc) is 3.09. The van der Waals surface area contributed by atoms with Crippen LogP contribution < -0.4 is 4.72 Å². The van der Waals surface area contributed by atoms with Gasteiger partial charge in [-0.25, -0.2) is 13.4 Å². The second-order valence-electron chi connectivity index (χ2n) is 5.01. The zero-order chi connectivity index (χ0) is 18.1. The molecule has 3 aromatic rings. The summed E-state index contributed by atoms with van der Waals surface area (Å²) in [7, 11) is -4.23. The summed E-state index contributed by atoms with van der Waals surface area (Å²) in [6.07, 6.45) is -1.91. The van der Waals surface area contributed by atoms with Crippen LogP contribution in [0.5, 0.6) is 0 Å². The van der Waals surface area contributed by atoms with E-state index in [2.05, 4.69) is 9.71 Å². The number of alkyl halides is 3. The highest BCUT2D eigenvalue weighted by Crippen LogP contribution is 2.32. The second-order valence-corrected chi connectivity index (χ2v) is 6.70. The molecule has 0 aliphatic heterocycles. The summed E-state index contributed by atoms with van der Waals surface area (Å²) in [6, 6.07) is 9.79. The molecule has 0 radical (unpaired) electrons. The number of nitrogens with zero attached hydrogens (tertiary/aromatic N) is 1. The molecule has 3 rings (SSSR count). The average molecular weight is 368 g/mol. The van der Waals surface area contributed by atoms with Crippen molar-refractivity contribution in [2.45, 2.75) is 11.1 Å². The minimum atomic E-state index is -4.64. The number of anilines is 1. The van der Waals surface area contributed by atoms with Crippen molar-refractivity contribution in [3.8, 4) is 11.5 Å². The molecule has 0 amide bonds. The van der Waals surface area contributed by atoms with Crippen LogP contribution in [0.1, 0.15) is 5.56 Å². The monoisotopic (exact) mass is 368 g/mol. The van der Waals surface area contributed by atoms with E-state index in [1.54, 1.807) is 18.2 Å². The van der Waals surface area contributed by atoms with Crippen LogP contribution in [0.25, 0.3) is 11.5 Å². The molecule has 0 saturated heterocycles. The molecule has 130 valence electrons. The van der Waals surface area contributed by atoms with E-state index in [9.17, 15) is 21.6 Å². The van der Waals surface area contributed by atoms with Crippen molar-refractivity contribution in [3.63, 3.8) is 0 Å². The van der Waals surface area contributed by atoms with Crippen molar-refractivity contribution < 1.29 is 26.0 Å². The van der Waals surface area contributed by atoms with Crippen molar-refractivity contribution in [2.24, 2.45) is 0 Å². The predicted octanol–water partition coefficient (Wildman–Crippen LogP) is 4.16. The smallest absolute Gasteiger partial charge is 0.416 e. The Labute approximate surface area is 141 Å². The van der Waals surface area contributed by atoms with Crippen molar-refractivity contribution in [2.75, 3.05) is 4.72 Å². The van der Waals surface area contributed by atoms with Gasteiger partial charge in [-0.05, 0) is 30.3 Å². The molecule has 1 aromatic heterocycles. The largest absolute Gasteiger partial charge is 0.444 e. The molecule has 0 fully saturated rings. The Morgan fingerprint density at radius 2 is 1.80 bits per heavy atom. The Kier molecular flexibility index (Phi) is 4.25. The molecule has 25 heavy (non-hydrogen) atoms. The quantitative estimate of drug-likeness (QED) is 0.751. The predicted molar refractivity (Wildman–Crippen MR) is 84.2 cm³/mol. The van der Waals surface area contributed by atoms with E-state index >= 15 is 0 Å². The number of hydrogen-bond donors (Lipinski definition) is 1. The Hall–Kier alpha value is -2.81. The Morgan fingerprint density at radius 3 is 2.48 bits per heavy atom. The first-order chi connectivity index (χ1) is 11.8. The van der Waals surface area contributed by atoms with E-state index in [1.165, 1.54) is 18.5 Å². The molecule has 0 saturated carbocycles. The highest BCUT2D eigenvalue weighted by Gasteiger charge is 2.31. The number of oxazole rings is 1. The van der Waals surface area contributed by atoms with Gasteiger partial charge in [0.2, 0.25) is 5.89 Å². The minimum absolute atomic E-state index is 0.141. The molecular weight excluding hydrogens is 357 g/mol. The fourth-order valence-electron chi connectivity index (χ4n) is 2.16. The maximum Gasteiger partial charge on any atom is 0.416 e. The number of benzene rings is 2. The number of aromatic nitrogens is 1. The molecule has 0 aliphatic carbocycles. The Bertz CT molecular complexity index is 984. The number of para-hydroxylation sites is 1. The molecule has 2 aromatic carbocycles. The zero-order valence-corrected chi connectivity index (χ0v) is 13.3. The van der Waals surface area contributed by atoms with Crippen LogP contribution in [0, 0.1) is 0 Å². The number of rotatable bonds is 4. The Balaban J connectivity index is 1.99. The summed E-state index contributed by atoms with van der Waals surface area (Å²) >= 11 is 0. The third-order valence-electron chi connectivity index (χ3n) is 3.31. The van der Waals surface area contributed by atoms with Gasteiger partial charge in [0, 0.05) is 0 Å². The van der Waals surface area contributed by atoms with Crippen molar-refractivity contribution in [3.05, 3.63) is 66.6 Å². The lowest BCUT2D eigenvalue weighted by molar-refractivity contribution is -0.137. The van der Waals surface area contributed by atoms with Crippen LogP contribution in [0.15, 0.2) is 70.3 Å². The third kappa shape index (κ3) is 3.66. The van der Waals surface area contributed by atoms with Gasteiger partial charge in [0.15, 0.2) is 0 Å². The molecular formula is C16H11F3N2O3S. The van der Waals surface area contributed by atoms with Crippen LogP contribution in [0.2, 0.25) is 0 Å². The Morgan fingerprint density at radius 1 is 1.04 bits per heavy atom. The van der Waals surface area contributed by atoms with Crippen molar-refractivity contribution >= 4 is 15.7 Å². The number of sulfonamides is 1. The van der Waals surface area contributed by atoms with Crippen LogP contribution in [0.4, 0.5) is 18.9 Å². The first-order valence-electron chi connectivity index (χ1n) is 6.96. The second kappa shape index (κ2) is 6.25. The van der Waals surface area contributed by atoms with Crippen molar-refractivity contribution in [1.82, 2.24) is 4.98 Å². The molecule has 5 nitrogen and oxygen atoms in total. The summed E-state index contributed by atoms with van der Waals surface area (Å²) in [6.45, 7) is 0. The fourth-order valence-corrected chi connectivity index (χ4v) is 3.28. The van der Waals surface area contributed by atoms with Crippen LogP contribution in [0.3, 0.4) is 0 Å². The SMILES string of the molecule is O=S(=O)(Nc1ccccc1-c1ncco1)c1cccc(C(F)(F)F)c1. The van der Waals surface area contributed by atoms with E-state index in [-0.39, 0.29) is 11.6 Å². The molecule has 1 heterocycles. The van der Waals surface area contributed by atoms with Gasteiger partial charge >= 0.3 is 6.18 Å². The van der Waals surface area contributed by atoms with E-state index in [4.69, 9.17) is 4.42 Å². The topological polar surface area (TPSA) is 72.2 Å². The fraction of sp³-hybridized carbons (Fsp3) is 0.0625. The van der Waals surface area contributed by atoms with E-state index in [0.717, 1.165) is 18.2 Å². The lowest BCUT2D eigenvalue weighted by Crippen LogP contribution is -2.15. The maximum atomic E-state index is 12.8. The summed E-state index contributed by atoms with van der Waals surface area (Å²) in [5.41, 5.74) is -0.540. The first kappa shape index (κ1) is 17.0. The molecule has 0 unspecified atom stereocenters. The van der Waals surface area contributed by atoms with Gasteiger partial charge in [-0.3, -0.25) is 4.72 Å². The number of halogens is 3. The zero-order valence-electron chi connectivity index (χ0n) is 12.5. The molecule has 0 spiro atoms. The summed E-state index contributed by atoms with van der Waals surface area (Å²) in [5.74, 6) is 0.183. The third-order valence-corrected chi connectivity index (χ3v) is 4.67. The summed E-state index contributed by atoms with van der Waals surface area (Å²) in [4.78, 5) is 3.45. The van der Waals surface area contributed by atoms with Gasteiger partial charge in [-0.1, -0.05) is 18.2 Å². The van der Waals surface area contributed by atoms with Crippen LogP contribution in [-0.4, -0.2) is 13.4 Å². The molecule has 9 heteroatoms. The lowest BCUT2D eigenvalue weighted by Gasteiger charge is -2.12. The van der Waals surface area contributed by atoms with Gasteiger partial charge in [0.1, 0.15) is 6.26 Å². The van der Waals surface area contributed by atoms with Gasteiger partial charge in [0.05, 0.1) is 27.9 Å². The van der Waals surface area contributed by atoms with E-state index in [0.29, 0.717) is 11.6 Å². The van der Waals surface area contributed by atoms with E-state index in [1.807, 2.05) is 0 Å². The highest BCUT2D eigenvalue weighted by molar-refractivity contribution is 7.92. The van der Waals surface area contributed by atoms with Crippen LogP contribution >= 0.6 is 0 Å². The standard InChI is InChI=1S/C16H11F3N2O3S/c17-16(18,19)11-4-3-5-12(10-11)25(22,23)21-14-7-2-1-6-13(14)15-20-8-9-24-15/h1-10,21H. The number of hydrogen-bond acceptors (Lipinski definition) is 4. The maximum absolute atomic E-state index is 12.8. The summed E-state index contributed by atoms with van der Waals surface area (Å²) < 4.78 is 70.8. The van der Waals surface area contributed by atoms with Crippen molar-refractivity contribution in [1.29, 1.82) is 0 Å². The first-order valence-corrected chi connectivity index (χ1v) is 8.45. The number of nitrogens with one attached hydrogen (secondary N) is 1. The van der Waals surface area contributed by atoms with Gasteiger partial charge in [-0.2, -0.15) is 13.2 Å². The molecule has 0 aliphatic rings.